The first-order valence-corrected chi connectivity index (χ1v) is 11.4. The second-order valence-corrected chi connectivity index (χ2v) is 8.18. The summed E-state index contributed by atoms with van der Waals surface area (Å²) in [6, 6.07) is 12.4. The smallest absolute Gasteiger partial charge is 0.191 e. The minimum atomic E-state index is 0. The number of ether oxygens (including phenoxy) is 2. The topological polar surface area (TPSA) is 71.3 Å². The Bertz CT molecular complexity index is 824. The second-order valence-electron chi connectivity index (χ2n) is 8.18. The number of guanidine groups is 1. The second kappa shape index (κ2) is 13.1. The van der Waals surface area contributed by atoms with E-state index in [-0.39, 0.29) is 30.0 Å². The minimum Gasteiger partial charge on any atom is -0.493 e. The first kappa shape index (κ1) is 24.9. The molecule has 2 aliphatic rings. The Hall–Kier alpha value is -1.78. The summed E-state index contributed by atoms with van der Waals surface area (Å²) in [4.78, 5) is 7.31. The van der Waals surface area contributed by atoms with E-state index in [0.29, 0.717) is 12.5 Å². The lowest BCUT2D eigenvalue weighted by atomic mass is 9.94. The summed E-state index contributed by atoms with van der Waals surface area (Å²) < 4.78 is 16.8. The molecule has 0 saturated carbocycles. The van der Waals surface area contributed by atoms with E-state index < -0.39 is 0 Å². The van der Waals surface area contributed by atoms with Gasteiger partial charge in [0.1, 0.15) is 11.5 Å². The van der Waals surface area contributed by atoms with Crippen molar-refractivity contribution in [3.63, 3.8) is 0 Å². The monoisotopic (exact) mass is 554 g/mol. The van der Waals surface area contributed by atoms with Crippen LogP contribution in [0.4, 0.5) is 0 Å². The molecular weight excluding hydrogens is 519 g/mol. The fourth-order valence-corrected chi connectivity index (χ4v) is 4.14. The Balaban J connectivity index is 0.00000289. The Morgan fingerprint density at radius 2 is 2.03 bits per heavy atom. The van der Waals surface area contributed by atoms with Crippen molar-refractivity contribution in [2.24, 2.45) is 4.99 Å². The summed E-state index contributed by atoms with van der Waals surface area (Å²) in [5.74, 6) is 3.13. The van der Waals surface area contributed by atoms with Crippen molar-refractivity contribution in [2.75, 3.05) is 52.5 Å². The molecule has 1 fully saturated rings. The number of fused-ring (bicyclic) bond motifs is 1. The van der Waals surface area contributed by atoms with E-state index in [0.717, 1.165) is 76.2 Å². The summed E-state index contributed by atoms with van der Waals surface area (Å²) in [5, 5.41) is 7.09. The highest BCUT2D eigenvalue weighted by atomic mass is 127. The van der Waals surface area contributed by atoms with Gasteiger partial charge in [0, 0.05) is 56.7 Å². The quantitative estimate of drug-likeness (QED) is 0.215. The summed E-state index contributed by atoms with van der Waals surface area (Å²) in [6.07, 6.45) is 3.58. The number of rotatable bonds is 9. The molecule has 2 unspecified atom stereocenters. The van der Waals surface area contributed by atoms with Crippen LogP contribution in [0.5, 0.6) is 5.75 Å². The molecule has 1 aromatic carbocycles. The van der Waals surface area contributed by atoms with Crippen LogP contribution < -0.4 is 15.4 Å². The number of para-hydroxylation sites is 1. The molecule has 0 radical (unpaired) electrons. The van der Waals surface area contributed by atoms with Crippen molar-refractivity contribution in [3.8, 4) is 5.75 Å². The van der Waals surface area contributed by atoms with Crippen LogP contribution in [0.15, 0.2) is 52.1 Å². The number of nitrogens with zero attached hydrogens (tertiary/aromatic N) is 2. The van der Waals surface area contributed by atoms with Crippen LogP contribution in [0.3, 0.4) is 0 Å². The number of furan rings is 1. The van der Waals surface area contributed by atoms with Gasteiger partial charge in [-0.1, -0.05) is 18.2 Å². The predicted molar refractivity (Wildman–Crippen MR) is 137 cm³/mol. The number of benzene rings is 1. The summed E-state index contributed by atoms with van der Waals surface area (Å²) >= 11 is 0. The highest BCUT2D eigenvalue weighted by Crippen LogP contribution is 2.35. The van der Waals surface area contributed by atoms with Gasteiger partial charge in [0.15, 0.2) is 5.96 Å². The number of morpholine rings is 1. The average Bonchev–Trinajstić information content (AvgIpc) is 3.47. The molecule has 2 aliphatic heterocycles. The average molecular weight is 554 g/mol. The van der Waals surface area contributed by atoms with Crippen LogP contribution in [0.1, 0.15) is 30.6 Å². The Morgan fingerprint density at radius 1 is 1.19 bits per heavy atom. The van der Waals surface area contributed by atoms with Crippen LogP contribution in [0, 0.1) is 0 Å². The first-order chi connectivity index (χ1) is 15.3. The van der Waals surface area contributed by atoms with Crippen LogP contribution in [0.25, 0.3) is 0 Å². The number of hydrogen-bond donors (Lipinski definition) is 2. The molecule has 2 aromatic rings. The van der Waals surface area contributed by atoms with E-state index in [1.807, 2.05) is 24.3 Å². The number of hydrogen-bond acceptors (Lipinski definition) is 5. The molecule has 2 N–H and O–H groups in total. The fraction of sp³-hybridized carbons (Fsp3) is 0.542. The molecule has 1 aromatic heterocycles. The summed E-state index contributed by atoms with van der Waals surface area (Å²) in [5.41, 5.74) is 1.27. The van der Waals surface area contributed by atoms with Crippen LogP contribution >= 0.6 is 24.0 Å². The van der Waals surface area contributed by atoms with Gasteiger partial charge in [0.05, 0.1) is 26.1 Å². The molecule has 7 nitrogen and oxygen atoms in total. The third kappa shape index (κ3) is 7.11. The largest absolute Gasteiger partial charge is 0.493 e. The van der Waals surface area contributed by atoms with E-state index >= 15 is 0 Å². The molecule has 176 valence electrons. The molecule has 0 bridgehead atoms. The van der Waals surface area contributed by atoms with Crippen molar-refractivity contribution >= 4 is 29.9 Å². The highest BCUT2D eigenvalue weighted by molar-refractivity contribution is 14.0. The highest BCUT2D eigenvalue weighted by Gasteiger charge is 2.29. The molecule has 0 amide bonds. The van der Waals surface area contributed by atoms with Crippen LogP contribution in [0.2, 0.25) is 0 Å². The van der Waals surface area contributed by atoms with Gasteiger partial charge in [-0.15, -0.1) is 24.0 Å². The molecule has 32 heavy (non-hydrogen) atoms. The maximum atomic E-state index is 5.88. The molecule has 0 spiro atoms. The standard InChI is InChI=1S/C24H34N4O3.HI/c1-19(22-18-31-23-8-3-2-7-21(22)23)27-24(26-11-9-20-6-4-15-30-20)25-10-5-12-28-13-16-29-17-14-28;/h2-4,6-8,15,19,22H,5,9-14,16-18H2,1H3,(H2,25,26,27);1H. The molecule has 3 heterocycles. The fourth-order valence-electron chi connectivity index (χ4n) is 4.14. The molecule has 4 rings (SSSR count). The predicted octanol–water partition coefficient (Wildman–Crippen LogP) is 3.26. The zero-order valence-electron chi connectivity index (χ0n) is 18.8. The van der Waals surface area contributed by atoms with Crippen LogP contribution in [-0.2, 0) is 11.2 Å². The third-order valence-electron chi connectivity index (χ3n) is 5.95. The van der Waals surface area contributed by atoms with E-state index in [9.17, 15) is 0 Å². The zero-order valence-corrected chi connectivity index (χ0v) is 21.1. The summed E-state index contributed by atoms with van der Waals surface area (Å²) in [6.45, 7) is 9.25. The van der Waals surface area contributed by atoms with Crippen molar-refractivity contribution in [3.05, 3.63) is 54.0 Å². The van der Waals surface area contributed by atoms with Crippen molar-refractivity contribution < 1.29 is 13.9 Å². The van der Waals surface area contributed by atoms with Crippen molar-refractivity contribution in [1.82, 2.24) is 15.5 Å². The maximum absolute atomic E-state index is 5.88. The van der Waals surface area contributed by atoms with Gasteiger partial charge in [0.2, 0.25) is 0 Å². The van der Waals surface area contributed by atoms with E-state index in [1.54, 1.807) is 6.26 Å². The maximum Gasteiger partial charge on any atom is 0.191 e. The first-order valence-electron chi connectivity index (χ1n) is 11.4. The minimum absolute atomic E-state index is 0. The lowest BCUT2D eigenvalue weighted by molar-refractivity contribution is 0.0377. The van der Waals surface area contributed by atoms with Crippen molar-refractivity contribution in [2.45, 2.75) is 31.7 Å². The Labute approximate surface area is 208 Å². The van der Waals surface area contributed by atoms with E-state index in [1.165, 1.54) is 5.56 Å². The van der Waals surface area contributed by atoms with E-state index in [2.05, 4.69) is 34.6 Å². The SMILES string of the molecule is CC(NC(=NCCCN1CCOCC1)NCCc1ccco1)C1COc2ccccc21.I. The van der Waals surface area contributed by atoms with E-state index in [4.69, 9.17) is 18.9 Å². The molecule has 0 aliphatic carbocycles. The van der Waals surface area contributed by atoms with Gasteiger partial charge < -0.3 is 24.5 Å². The number of halogens is 1. The lowest BCUT2D eigenvalue weighted by Gasteiger charge is -2.26. The molecule has 1 saturated heterocycles. The van der Waals surface area contributed by atoms with Crippen LogP contribution in [-0.4, -0.2) is 69.4 Å². The normalized spacial score (nSPS) is 19.5. The Morgan fingerprint density at radius 3 is 2.84 bits per heavy atom. The lowest BCUT2D eigenvalue weighted by Crippen LogP contribution is -2.45. The Kier molecular flexibility index (Phi) is 10.1. The van der Waals surface area contributed by atoms with Gasteiger partial charge in [-0.2, -0.15) is 0 Å². The molecule has 8 heteroatoms. The third-order valence-corrected chi connectivity index (χ3v) is 5.95. The number of nitrogens with one attached hydrogen (secondary N) is 2. The zero-order chi connectivity index (χ0) is 21.3. The van der Waals surface area contributed by atoms with Crippen molar-refractivity contribution in [1.29, 1.82) is 0 Å². The number of aliphatic imine (C=N–C) groups is 1. The van der Waals surface area contributed by atoms with Gasteiger partial charge in [-0.05, 0) is 31.5 Å². The molecule has 2 atom stereocenters. The summed E-state index contributed by atoms with van der Waals surface area (Å²) in [7, 11) is 0. The van der Waals surface area contributed by atoms with Gasteiger partial charge in [-0.25, -0.2) is 0 Å². The molecular formula is C24H35IN4O3. The van der Waals surface area contributed by atoms with Gasteiger partial charge >= 0.3 is 0 Å². The van der Waals surface area contributed by atoms with Gasteiger partial charge in [-0.3, -0.25) is 9.89 Å². The van der Waals surface area contributed by atoms with Gasteiger partial charge in [0.25, 0.3) is 0 Å².